The molecular formula is C22H23ClN2O7S. The van der Waals surface area contributed by atoms with Crippen molar-refractivity contribution in [1.82, 2.24) is 9.62 Å². The van der Waals surface area contributed by atoms with Crippen LogP contribution in [0.5, 0.6) is 5.75 Å². The molecule has 0 saturated carbocycles. The lowest BCUT2D eigenvalue weighted by Crippen LogP contribution is -2.36. The summed E-state index contributed by atoms with van der Waals surface area (Å²) in [5.41, 5.74) is 0.0591. The molecule has 1 fully saturated rings. The molecule has 0 aromatic heterocycles. The van der Waals surface area contributed by atoms with Gasteiger partial charge in [0.15, 0.2) is 6.61 Å². The number of esters is 1. The molecule has 2 aromatic rings. The number of rotatable bonds is 7. The van der Waals surface area contributed by atoms with Crippen molar-refractivity contribution in [2.45, 2.75) is 24.2 Å². The van der Waals surface area contributed by atoms with E-state index in [1.54, 1.807) is 18.2 Å². The zero-order valence-corrected chi connectivity index (χ0v) is 19.4. The maximum absolute atomic E-state index is 12.9. The van der Waals surface area contributed by atoms with Crippen molar-refractivity contribution < 1.29 is 32.3 Å². The molecule has 1 saturated heterocycles. The molecular weight excluding hydrogens is 472 g/mol. The quantitative estimate of drug-likeness (QED) is 0.587. The van der Waals surface area contributed by atoms with Crippen molar-refractivity contribution >= 4 is 39.4 Å². The molecule has 2 amide bonds. The molecule has 0 unspecified atom stereocenters. The number of piperidine rings is 1. The highest BCUT2D eigenvalue weighted by atomic mass is 35.5. The smallest absolute Gasteiger partial charge is 0.338 e. The first-order valence-electron chi connectivity index (χ1n) is 10.2. The average Bonchev–Trinajstić information content (AvgIpc) is 2.83. The van der Waals surface area contributed by atoms with Crippen LogP contribution in [0.15, 0.2) is 47.4 Å². The summed E-state index contributed by atoms with van der Waals surface area (Å²) in [6.07, 6.45) is 2.45. The summed E-state index contributed by atoms with van der Waals surface area (Å²) in [4.78, 5) is 36.5. The Morgan fingerprint density at radius 2 is 1.76 bits per heavy atom. The highest BCUT2D eigenvalue weighted by molar-refractivity contribution is 7.89. The van der Waals surface area contributed by atoms with E-state index in [1.807, 2.05) is 0 Å². The molecule has 0 aliphatic carbocycles. The number of hydrogen-bond donors (Lipinski definition) is 1. The van der Waals surface area contributed by atoms with Gasteiger partial charge in [-0.3, -0.25) is 14.9 Å². The first-order chi connectivity index (χ1) is 15.7. The molecule has 1 heterocycles. The number of ether oxygens (including phenoxy) is 2. The van der Waals surface area contributed by atoms with Gasteiger partial charge in [0.2, 0.25) is 10.0 Å². The molecule has 33 heavy (non-hydrogen) atoms. The fourth-order valence-corrected chi connectivity index (χ4v) is 5.37. The number of halogens is 1. The first kappa shape index (κ1) is 24.7. The topological polar surface area (TPSA) is 119 Å². The lowest BCUT2D eigenvalue weighted by atomic mass is 10.2. The number of methoxy groups -OCH3 is 1. The van der Waals surface area contributed by atoms with E-state index < -0.39 is 34.4 Å². The van der Waals surface area contributed by atoms with Gasteiger partial charge in [-0.25, -0.2) is 13.2 Å². The van der Waals surface area contributed by atoms with Crippen LogP contribution >= 0.6 is 11.6 Å². The molecule has 176 valence electrons. The molecule has 2 aromatic carbocycles. The number of benzene rings is 2. The van der Waals surface area contributed by atoms with Gasteiger partial charge in [-0.2, -0.15) is 4.31 Å². The van der Waals surface area contributed by atoms with Crippen LogP contribution in [-0.4, -0.2) is 57.3 Å². The minimum atomic E-state index is -3.88. The van der Waals surface area contributed by atoms with Crippen molar-refractivity contribution in [1.29, 1.82) is 0 Å². The molecule has 0 radical (unpaired) electrons. The van der Waals surface area contributed by atoms with E-state index in [1.165, 1.54) is 29.6 Å². The van der Waals surface area contributed by atoms with E-state index in [2.05, 4.69) is 5.32 Å². The van der Waals surface area contributed by atoms with E-state index in [0.29, 0.717) is 13.1 Å². The van der Waals surface area contributed by atoms with E-state index in [4.69, 9.17) is 21.1 Å². The number of imide groups is 1. The summed E-state index contributed by atoms with van der Waals surface area (Å²) >= 11 is 6.10. The lowest BCUT2D eigenvalue weighted by Gasteiger charge is -2.26. The Bertz CT molecular complexity index is 1160. The number of amides is 2. The predicted molar refractivity (Wildman–Crippen MR) is 120 cm³/mol. The Hall–Kier alpha value is -2.95. The standard InChI is InChI=1S/C22H23ClN2O7S/c1-31-18-8-4-3-7-16(18)21(27)24-20(26)14-32-22(28)15-9-10-17(23)19(13-15)33(29,30)25-11-5-2-6-12-25/h3-4,7-10,13H,2,5-6,11-12,14H2,1H3,(H,24,26,27). The molecule has 0 bridgehead atoms. The van der Waals surface area contributed by atoms with Crippen LogP contribution in [-0.2, 0) is 19.6 Å². The monoisotopic (exact) mass is 494 g/mol. The van der Waals surface area contributed by atoms with Gasteiger partial charge >= 0.3 is 5.97 Å². The Labute approximate surface area is 196 Å². The number of nitrogens with zero attached hydrogens (tertiary/aromatic N) is 1. The normalized spacial score (nSPS) is 14.4. The number of carbonyl (C=O) groups excluding carboxylic acids is 3. The number of hydrogen-bond acceptors (Lipinski definition) is 7. The van der Waals surface area contributed by atoms with Gasteiger partial charge in [-0.15, -0.1) is 0 Å². The summed E-state index contributed by atoms with van der Waals surface area (Å²) in [7, 11) is -2.48. The highest BCUT2D eigenvalue weighted by Gasteiger charge is 2.29. The van der Waals surface area contributed by atoms with Crippen molar-refractivity contribution in [2.24, 2.45) is 0 Å². The second-order valence-electron chi connectivity index (χ2n) is 7.26. The second kappa shape index (κ2) is 10.8. The van der Waals surface area contributed by atoms with Gasteiger partial charge in [0.25, 0.3) is 11.8 Å². The first-order valence-corrected chi connectivity index (χ1v) is 12.0. The summed E-state index contributed by atoms with van der Waals surface area (Å²) in [6.45, 7) is 0.0258. The number of carbonyl (C=O) groups is 3. The summed E-state index contributed by atoms with van der Waals surface area (Å²) in [5, 5.41) is 2.09. The van der Waals surface area contributed by atoms with Crippen LogP contribution in [0.1, 0.15) is 40.0 Å². The third-order valence-electron chi connectivity index (χ3n) is 5.04. The third-order valence-corrected chi connectivity index (χ3v) is 7.42. The van der Waals surface area contributed by atoms with E-state index in [-0.39, 0.29) is 26.8 Å². The van der Waals surface area contributed by atoms with Gasteiger partial charge in [0.05, 0.1) is 23.3 Å². The molecule has 3 rings (SSSR count). The largest absolute Gasteiger partial charge is 0.496 e. The number of para-hydroxylation sites is 1. The van der Waals surface area contributed by atoms with Crippen molar-refractivity contribution in [2.75, 3.05) is 26.8 Å². The summed E-state index contributed by atoms with van der Waals surface area (Å²) < 4.78 is 37.2. The summed E-state index contributed by atoms with van der Waals surface area (Å²) in [5.74, 6) is -2.21. The zero-order chi connectivity index (χ0) is 24.0. The van der Waals surface area contributed by atoms with Gasteiger partial charge in [-0.1, -0.05) is 30.2 Å². The Kier molecular flexibility index (Phi) is 8.06. The SMILES string of the molecule is COc1ccccc1C(=O)NC(=O)COC(=O)c1ccc(Cl)c(S(=O)(=O)N2CCCCC2)c1. The molecule has 9 nitrogen and oxygen atoms in total. The molecule has 1 aliphatic heterocycles. The van der Waals surface area contributed by atoms with Crippen LogP contribution in [0.25, 0.3) is 0 Å². The lowest BCUT2D eigenvalue weighted by molar-refractivity contribution is -0.123. The van der Waals surface area contributed by atoms with Gasteiger partial charge < -0.3 is 9.47 Å². The van der Waals surface area contributed by atoms with Crippen LogP contribution in [0, 0.1) is 0 Å². The Balaban J connectivity index is 1.65. The fraction of sp³-hybridized carbons (Fsp3) is 0.318. The van der Waals surface area contributed by atoms with Crippen molar-refractivity contribution in [3.8, 4) is 5.75 Å². The minimum absolute atomic E-state index is 0.0164. The highest BCUT2D eigenvalue weighted by Crippen LogP contribution is 2.28. The molecule has 0 atom stereocenters. The molecule has 1 aliphatic rings. The van der Waals surface area contributed by atoms with Crippen LogP contribution < -0.4 is 10.1 Å². The predicted octanol–water partition coefficient (Wildman–Crippen LogP) is 2.64. The summed E-state index contributed by atoms with van der Waals surface area (Å²) in [6, 6.07) is 10.1. The number of nitrogens with one attached hydrogen (secondary N) is 1. The van der Waals surface area contributed by atoms with E-state index >= 15 is 0 Å². The minimum Gasteiger partial charge on any atom is -0.496 e. The van der Waals surface area contributed by atoms with Crippen molar-refractivity contribution in [3.63, 3.8) is 0 Å². The maximum atomic E-state index is 12.9. The van der Waals surface area contributed by atoms with Crippen LogP contribution in [0.3, 0.4) is 0 Å². The van der Waals surface area contributed by atoms with Gasteiger partial charge in [0.1, 0.15) is 10.6 Å². The van der Waals surface area contributed by atoms with Gasteiger partial charge in [0, 0.05) is 13.1 Å². The Morgan fingerprint density at radius 1 is 1.06 bits per heavy atom. The average molecular weight is 495 g/mol. The Morgan fingerprint density at radius 3 is 2.45 bits per heavy atom. The van der Waals surface area contributed by atoms with E-state index in [9.17, 15) is 22.8 Å². The number of sulfonamides is 1. The van der Waals surface area contributed by atoms with Crippen molar-refractivity contribution in [3.05, 3.63) is 58.6 Å². The van der Waals surface area contributed by atoms with E-state index in [0.717, 1.165) is 25.3 Å². The fourth-order valence-electron chi connectivity index (χ4n) is 3.35. The molecule has 0 spiro atoms. The van der Waals surface area contributed by atoms with Crippen LogP contribution in [0.2, 0.25) is 5.02 Å². The zero-order valence-electron chi connectivity index (χ0n) is 17.9. The maximum Gasteiger partial charge on any atom is 0.338 e. The third kappa shape index (κ3) is 5.89. The van der Waals surface area contributed by atoms with Gasteiger partial charge in [-0.05, 0) is 43.2 Å². The second-order valence-corrected chi connectivity index (χ2v) is 9.58. The molecule has 11 heteroatoms. The van der Waals surface area contributed by atoms with Crippen LogP contribution in [0.4, 0.5) is 0 Å². The molecule has 1 N–H and O–H groups in total.